The lowest BCUT2D eigenvalue weighted by molar-refractivity contribution is 0.161. The van der Waals surface area contributed by atoms with E-state index in [-0.39, 0.29) is 6.03 Å². The first-order valence-corrected chi connectivity index (χ1v) is 7.49. The largest absolute Gasteiger partial charge is 0.325 e. The van der Waals surface area contributed by atoms with Gasteiger partial charge in [0.25, 0.3) is 0 Å². The van der Waals surface area contributed by atoms with Crippen molar-refractivity contribution < 1.29 is 4.79 Å². The number of urea groups is 1. The van der Waals surface area contributed by atoms with Gasteiger partial charge in [0.05, 0.1) is 0 Å². The van der Waals surface area contributed by atoms with E-state index in [1.54, 1.807) is 0 Å². The van der Waals surface area contributed by atoms with Crippen LogP contribution in [0, 0.1) is 0 Å². The molecule has 1 heterocycles. The molecule has 0 saturated carbocycles. The molecule has 1 rings (SSSR count). The number of amides is 2. The van der Waals surface area contributed by atoms with Crippen molar-refractivity contribution in [2.24, 2.45) is 0 Å². The Balaban J connectivity index is 2.30. The Bertz CT molecular complexity index is 235. The van der Waals surface area contributed by atoms with Gasteiger partial charge < -0.3 is 14.7 Å². The molecule has 4 heteroatoms. The van der Waals surface area contributed by atoms with E-state index in [2.05, 4.69) is 25.7 Å². The molecule has 2 amide bonds. The maximum absolute atomic E-state index is 12.2. The average Bonchev–Trinajstić information content (AvgIpc) is 2.92. The second-order valence-electron chi connectivity index (χ2n) is 4.94. The Morgan fingerprint density at radius 1 is 1.00 bits per heavy atom. The van der Waals surface area contributed by atoms with Gasteiger partial charge in [-0.25, -0.2) is 4.79 Å². The van der Waals surface area contributed by atoms with Crippen LogP contribution in [-0.2, 0) is 0 Å². The Morgan fingerprint density at radius 3 is 2.11 bits per heavy atom. The van der Waals surface area contributed by atoms with Gasteiger partial charge in [0.15, 0.2) is 0 Å². The minimum Gasteiger partial charge on any atom is -0.325 e. The van der Waals surface area contributed by atoms with Crippen LogP contribution in [0.1, 0.15) is 40.0 Å². The number of carbonyl (C=O) groups is 1. The predicted octanol–water partition coefficient (Wildman–Crippen LogP) is 2.26. The summed E-state index contributed by atoms with van der Waals surface area (Å²) in [6.45, 7) is 13.4. The number of likely N-dealkylation sites (tertiary alicyclic amines) is 1. The first-order chi connectivity index (χ1) is 8.72. The monoisotopic (exact) mass is 255 g/mol. The lowest BCUT2D eigenvalue weighted by Gasteiger charge is -2.28. The number of hydrogen-bond donors (Lipinski definition) is 0. The number of carbonyl (C=O) groups excluding carboxylic acids is 1. The summed E-state index contributed by atoms with van der Waals surface area (Å²) in [5.74, 6) is 0. The van der Waals surface area contributed by atoms with Crippen LogP contribution in [0.25, 0.3) is 0 Å². The molecule has 1 saturated heterocycles. The topological polar surface area (TPSA) is 26.8 Å². The van der Waals surface area contributed by atoms with Gasteiger partial charge in [0.2, 0.25) is 0 Å². The standard InChI is InChI=1S/C14H29N3O/c1-4-15(5-2)10-9-13-16(6-3)14(18)17-11-7-8-12-17/h4-13H2,1-3H3. The molecule has 0 aromatic heterocycles. The van der Waals surface area contributed by atoms with E-state index in [0.29, 0.717) is 0 Å². The van der Waals surface area contributed by atoms with Crippen molar-refractivity contribution >= 4 is 6.03 Å². The molecule has 4 nitrogen and oxygen atoms in total. The molecule has 1 aliphatic heterocycles. The van der Waals surface area contributed by atoms with E-state index in [1.165, 1.54) is 12.8 Å². The highest BCUT2D eigenvalue weighted by molar-refractivity contribution is 5.74. The molecule has 1 fully saturated rings. The summed E-state index contributed by atoms with van der Waals surface area (Å²) in [7, 11) is 0. The highest BCUT2D eigenvalue weighted by atomic mass is 16.2. The van der Waals surface area contributed by atoms with E-state index in [9.17, 15) is 4.79 Å². The van der Waals surface area contributed by atoms with Gasteiger partial charge in [0, 0.05) is 26.2 Å². The lowest BCUT2D eigenvalue weighted by atomic mass is 10.3. The van der Waals surface area contributed by atoms with Gasteiger partial charge >= 0.3 is 6.03 Å². The zero-order chi connectivity index (χ0) is 13.4. The zero-order valence-electron chi connectivity index (χ0n) is 12.3. The van der Waals surface area contributed by atoms with E-state index >= 15 is 0 Å². The van der Waals surface area contributed by atoms with E-state index in [0.717, 1.165) is 52.2 Å². The van der Waals surface area contributed by atoms with Crippen molar-refractivity contribution in [2.45, 2.75) is 40.0 Å². The number of nitrogens with zero attached hydrogens (tertiary/aromatic N) is 3. The van der Waals surface area contributed by atoms with Crippen LogP contribution in [0.3, 0.4) is 0 Å². The van der Waals surface area contributed by atoms with Crippen LogP contribution >= 0.6 is 0 Å². The van der Waals surface area contributed by atoms with Gasteiger partial charge in [-0.3, -0.25) is 0 Å². The molecule has 0 unspecified atom stereocenters. The summed E-state index contributed by atoms with van der Waals surface area (Å²) in [4.78, 5) is 18.6. The van der Waals surface area contributed by atoms with Gasteiger partial charge in [0.1, 0.15) is 0 Å². The first kappa shape index (κ1) is 15.3. The van der Waals surface area contributed by atoms with Crippen LogP contribution in [0.4, 0.5) is 4.79 Å². The second kappa shape index (κ2) is 8.35. The Morgan fingerprint density at radius 2 is 1.61 bits per heavy atom. The SMILES string of the molecule is CCN(CC)CCCN(CC)C(=O)N1CCCC1. The van der Waals surface area contributed by atoms with Crippen LogP contribution in [0.5, 0.6) is 0 Å². The van der Waals surface area contributed by atoms with Gasteiger partial charge in [-0.15, -0.1) is 0 Å². The normalized spacial score (nSPS) is 15.4. The van der Waals surface area contributed by atoms with Crippen molar-refractivity contribution in [3.05, 3.63) is 0 Å². The Hall–Kier alpha value is -0.770. The molecule has 0 bridgehead atoms. The molecular formula is C14H29N3O. The van der Waals surface area contributed by atoms with Crippen LogP contribution in [0.2, 0.25) is 0 Å². The van der Waals surface area contributed by atoms with Crippen LogP contribution in [-0.4, -0.2) is 66.5 Å². The van der Waals surface area contributed by atoms with Crippen molar-refractivity contribution in [1.82, 2.24) is 14.7 Å². The number of rotatable bonds is 7. The fraction of sp³-hybridized carbons (Fsp3) is 0.929. The van der Waals surface area contributed by atoms with Crippen molar-refractivity contribution in [2.75, 3.05) is 45.8 Å². The van der Waals surface area contributed by atoms with Gasteiger partial charge in [-0.2, -0.15) is 0 Å². The zero-order valence-corrected chi connectivity index (χ0v) is 12.3. The maximum atomic E-state index is 12.2. The second-order valence-corrected chi connectivity index (χ2v) is 4.94. The highest BCUT2D eigenvalue weighted by Crippen LogP contribution is 2.10. The molecule has 0 N–H and O–H groups in total. The van der Waals surface area contributed by atoms with Crippen LogP contribution in [0.15, 0.2) is 0 Å². The summed E-state index contributed by atoms with van der Waals surface area (Å²) in [5, 5.41) is 0. The average molecular weight is 255 g/mol. The maximum Gasteiger partial charge on any atom is 0.319 e. The summed E-state index contributed by atoms with van der Waals surface area (Å²) < 4.78 is 0. The molecule has 0 aromatic rings. The summed E-state index contributed by atoms with van der Waals surface area (Å²) in [6.07, 6.45) is 3.42. The third-order valence-corrected chi connectivity index (χ3v) is 3.83. The molecule has 106 valence electrons. The Labute approximate surface area is 112 Å². The number of hydrogen-bond acceptors (Lipinski definition) is 2. The molecule has 0 spiro atoms. The first-order valence-electron chi connectivity index (χ1n) is 7.49. The van der Waals surface area contributed by atoms with E-state index < -0.39 is 0 Å². The summed E-state index contributed by atoms with van der Waals surface area (Å²) in [6, 6.07) is 0.245. The molecule has 18 heavy (non-hydrogen) atoms. The molecular weight excluding hydrogens is 226 g/mol. The quantitative estimate of drug-likeness (QED) is 0.697. The van der Waals surface area contributed by atoms with Gasteiger partial charge in [-0.1, -0.05) is 13.8 Å². The fourth-order valence-electron chi connectivity index (χ4n) is 2.52. The smallest absolute Gasteiger partial charge is 0.319 e. The van der Waals surface area contributed by atoms with Gasteiger partial charge in [-0.05, 0) is 45.8 Å². The molecule has 0 aliphatic carbocycles. The Kier molecular flexibility index (Phi) is 7.09. The van der Waals surface area contributed by atoms with E-state index in [4.69, 9.17) is 0 Å². The lowest BCUT2D eigenvalue weighted by Crippen LogP contribution is -2.42. The molecule has 1 aliphatic rings. The minimum absolute atomic E-state index is 0.245. The predicted molar refractivity (Wildman–Crippen MR) is 75.9 cm³/mol. The third-order valence-electron chi connectivity index (χ3n) is 3.83. The van der Waals surface area contributed by atoms with Crippen molar-refractivity contribution in [3.8, 4) is 0 Å². The highest BCUT2D eigenvalue weighted by Gasteiger charge is 2.22. The summed E-state index contributed by atoms with van der Waals surface area (Å²) >= 11 is 0. The summed E-state index contributed by atoms with van der Waals surface area (Å²) in [5.41, 5.74) is 0. The fourth-order valence-corrected chi connectivity index (χ4v) is 2.52. The third kappa shape index (κ3) is 4.48. The molecule has 0 aromatic carbocycles. The minimum atomic E-state index is 0.245. The molecule has 0 atom stereocenters. The van der Waals surface area contributed by atoms with Crippen molar-refractivity contribution in [1.29, 1.82) is 0 Å². The van der Waals surface area contributed by atoms with Crippen molar-refractivity contribution in [3.63, 3.8) is 0 Å². The van der Waals surface area contributed by atoms with Crippen LogP contribution < -0.4 is 0 Å². The van der Waals surface area contributed by atoms with E-state index in [1.807, 2.05) is 9.80 Å². The molecule has 0 radical (unpaired) electrons.